The maximum absolute atomic E-state index is 11.2. The van der Waals surface area contributed by atoms with Gasteiger partial charge in [0.05, 0.1) is 19.3 Å². The van der Waals surface area contributed by atoms with Crippen molar-refractivity contribution in [2.45, 2.75) is 26.9 Å². The lowest BCUT2D eigenvalue weighted by atomic mass is 10.2. The SMILES string of the molecule is CC(C)COC(=O)NCc1cn(CC(=O)O)nn1. The van der Waals surface area contributed by atoms with E-state index in [0.29, 0.717) is 12.3 Å². The number of nitrogens with one attached hydrogen (secondary N) is 1. The molecule has 8 heteroatoms. The van der Waals surface area contributed by atoms with Crippen molar-refractivity contribution in [1.82, 2.24) is 20.3 Å². The average Bonchev–Trinajstić information content (AvgIpc) is 2.70. The first kappa shape index (κ1) is 13.9. The second-order valence-electron chi connectivity index (χ2n) is 4.15. The highest BCUT2D eigenvalue weighted by molar-refractivity contribution is 5.67. The average molecular weight is 256 g/mol. The van der Waals surface area contributed by atoms with Crippen molar-refractivity contribution in [3.63, 3.8) is 0 Å². The molecule has 1 heterocycles. The number of aromatic nitrogens is 3. The Labute approximate surface area is 104 Å². The number of hydrogen-bond acceptors (Lipinski definition) is 5. The molecule has 1 aromatic rings. The van der Waals surface area contributed by atoms with E-state index in [1.54, 1.807) is 0 Å². The van der Waals surface area contributed by atoms with Gasteiger partial charge >= 0.3 is 12.1 Å². The first-order valence-electron chi connectivity index (χ1n) is 5.48. The molecule has 0 atom stereocenters. The first-order valence-corrected chi connectivity index (χ1v) is 5.48. The molecule has 0 aliphatic heterocycles. The molecule has 1 aromatic heterocycles. The molecule has 0 saturated carbocycles. The van der Waals surface area contributed by atoms with E-state index >= 15 is 0 Å². The standard InChI is InChI=1S/C10H16N4O4/c1-7(2)6-18-10(17)11-3-8-4-14(13-12-8)5-9(15)16/h4,7H,3,5-6H2,1-2H3,(H,11,17)(H,15,16). The van der Waals surface area contributed by atoms with Crippen molar-refractivity contribution in [3.8, 4) is 0 Å². The lowest BCUT2D eigenvalue weighted by Gasteiger charge is -2.07. The topological polar surface area (TPSA) is 106 Å². The van der Waals surface area contributed by atoms with Gasteiger partial charge in [0.15, 0.2) is 0 Å². The Hall–Kier alpha value is -2.12. The third kappa shape index (κ3) is 5.28. The second kappa shape index (κ2) is 6.58. The Morgan fingerprint density at radius 3 is 2.89 bits per heavy atom. The van der Waals surface area contributed by atoms with Crippen LogP contribution in [0.2, 0.25) is 0 Å². The minimum atomic E-state index is -1.00. The molecule has 0 aromatic carbocycles. The van der Waals surface area contributed by atoms with E-state index in [-0.39, 0.29) is 19.0 Å². The number of alkyl carbamates (subject to hydrolysis) is 1. The van der Waals surface area contributed by atoms with E-state index < -0.39 is 12.1 Å². The minimum Gasteiger partial charge on any atom is -0.480 e. The summed E-state index contributed by atoms with van der Waals surface area (Å²) in [6.45, 7) is 4.11. The quantitative estimate of drug-likeness (QED) is 0.755. The van der Waals surface area contributed by atoms with Gasteiger partial charge in [-0.2, -0.15) is 0 Å². The molecule has 1 rings (SSSR count). The fourth-order valence-corrected chi connectivity index (χ4v) is 1.09. The van der Waals surface area contributed by atoms with Crippen molar-refractivity contribution in [2.75, 3.05) is 6.61 Å². The fraction of sp³-hybridized carbons (Fsp3) is 0.600. The molecule has 0 aliphatic carbocycles. The van der Waals surface area contributed by atoms with Crippen LogP contribution in [0.3, 0.4) is 0 Å². The molecule has 0 unspecified atom stereocenters. The van der Waals surface area contributed by atoms with Crippen LogP contribution in [0.1, 0.15) is 19.5 Å². The summed E-state index contributed by atoms with van der Waals surface area (Å²) >= 11 is 0. The van der Waals surface area contributed by atoms with Crippen LogP contribution in [0, 0.1) is 5.92 Å². The molecule has 0 saturated heterocycles. The number of carbonyl (C=O) groups is 2. The van der Waals surface area contributed by atoms with Crippen LogP contribution >= 0.6 is 0 Å². The zero-order valence-electron chi connectivity index (χ0n) is 10.3. The fourth-order valence-electron chi connectivity index (χ4n) is 1.09. The predicted molar refractivity (Wildman–Crippen MR) is 60.7 cm³/mol. The van der Waals surface area contributed by atoms with Crippen molar-refractivity contribution in [1.29, 1.82) is 0 Å². The van der Waals surface area contributed by atoms with Crippen molar-refractivity contribution >= 4 is 12.1 Å². The van der Waals surface area contributed by atoms with Gasteiger partial charge in [-0.25, -0.2) is 9.48 Å². The van der Waals surface area contributed by atoms with Gasteiger partial charge in [-0.3, -0.25) is 4.79 Å². The number of carbonyl (C=O) groups excluding carboxylic acids is 1. The zero-order chi connectivity index (χ0) is 13.5. The highest BCUT2D eigenvalue weighted by Crippen LogP contribution is 1.95. The molecule has 1 amide bonds. The maximum atomic E-state index is 11.2. The third-order valence-electron chi connectivity index (χ3n) is 1.84. The number of nitrogens with zero attached hydrogens (tertiary/aromatic N) is 3. The second-order valence-corrected chi connectivity index (χ2v) is 4.15. The largest absolute Gasteiger partial charge is 0.480 e. The van der Waals surface area contributed by atoms with Crippen LogP contribution < -0.4 is 5.32 Å². The predicted octanol–water partition coefficient (Wildman–Crippen LogP) is 0.245. The van der Waals surface area contributed by atoms with Crippen molar-refractivity contribution in [2.24, 2.45) is 5.92 Å². The molecule has 0 spiro atoms. The van der Waals surface area contributed by atoms with Gasteiger partial charge in [-0.05, 0) is 5.92 Å². The number of rotatable bonds is 6. The van der Waals surface area contributed by atoms with Crippen molar-refractivity contribution in [3.05, 3.63) is 11.9 Å². The number of aliphatic carboxylic acids is 1. The molecular weight excluding hydrogens is 240 g/mol. The molecule has 100 valence electrons. The molecule has 0 radical (unpaired) electrons. The van der Waals surface area contributed by atoms with Gasteiger partial charge in [0, 0.05) is 0 Å². The molecule has 2 N–H and O–H groups in total. The van der Waals surface area contributed by atoms with E-state index in [9.17, 15) is 9.59 Å². The number of carboxylic acid groups (broad SMARTS) is 1. The summed E-state index contributed by atoms with van der Waals surface area (Å²) in [5.41, 5.74) is 0.470. The molecule has 0 aliphatic rings. The summed E-state index contributed by atoms with van der Waals surface area (Å²) in [6.07, 6.45) is 0.924. The summed E-state index contributed by atoms with van der Waals surface area (Å²) in [6, 6.07) is 0. The van der Waals surface area contributed by atoms with Gasteiger partial charge in [0.1, 0.15) is 12.2 Å². The Balaban J connectivity index is 2.32. The zero-order valence-corrected chi connectivity index (χ0v) is 10.3. The van der Waals surface area contributed by atoms with Gasteiger partial charge in [0.2, 0.25) is 0 Å². The third-order valence-corrected chi connectivity index (χ3v) is 1.84. The van der Waals surface area contributed by atoms with Crippen LogP contribution in [-0.2, 0) is 22.6 Å². The summed E-state index contributed by atoms with van der Waals surface area (Å²) in [5.74, 6) is -0.733. The van der Waals surface area contributed by atoms with Crippen LogP contribution in [0.15, 0.2) is 6.20 Å². The lowest BCUT2D eigenvalue weighted by Crippen LogP contribution is -2.25. The van der Waals surface area contributed by atoms with Crippen molar-refractivity contribution < 1.29 is 19.4 Å². The van der Waals surface area contributed by atoms with Gasteiger partial charge in [-0.15, -0.1) is 5.10 Å². The highest BCUT2D eigenvalue weighted by atomic mass is 16.5. The Morgan fingerprint density at radius 1 is 1.56 bits per heavy atom. The van der Waals surface area contributed by atoms with E-state index in [1.807, 2.05) is 13.8 Å². The van der Waals surface area contributed by atoms with Crippen LogP contribution in [-0.4, -0.2) is 38.8 Å². The Kier molecular flexibility index (Phi) is 5.09. The highest BCUT2D eigenvalue weighted by Gasteiger charge is 2.07. The van der Waals surface area contributed by atoms with Crippen LogP contribution in [0.5, 0.6) is 0 Å². The van der Waals surface area contributed by atoms with Crippen LogP contribution in [0.4, 0.5) is 4.79 Å². The van der Waals surface area contributed by atoms with Gasteiger partial charge in [-0.1, -0.05) is 19.1 Å². The van der Waals surface area contributed by atoms with E-state index in [1.165, 1.54) is 10.9 Å². The summed E-state index contributed by atoms with van der Waals surface area (Å²) in [4.78, 5) is 21.6. The Morgan fingerprint density at radius 2 is 2.28 bits per heavy atom. The summed E-state index contributed by atoms with van der Waals surface area (Å²) < 4.78 is 6.08. The molecular formula is C10H16N4O4. The van der Waals surface area contributed by atoms with Crippen LogP contribution in [0.25, 0.3) is 0 Å². The van der Waals surface area contributed by atoms with Gasteiger partial charge in [0.25, 0.3) is 0 Å². The monoisotopic (exact) mass is 256 g/mol. The normalized spacial score (nSPS) is 10.4. The van der Waals surface area contributed by atoms with E-state index in [2.05, 4.69) is 15.6 Å². The minimum absolute atomic E-state index is 0.149. The van der Waals surface area contributed by atoms with E-state index in [4.69, 9.17) is 9.84 Å². The smallest absolute Gasteiger partial charge is 0.407 e. The number of ether oxygens (including phenoxy) is 1. The molecule has 8 nitrogen and oxygen atoms in total. The Bertz CT molecular complexity index is 416. The first-order chi connectivity index (χ1) is 8.47. The number of carboxylic acids is 1. The number of amides is 1. The van der Waals surface area contributed by atoms with E-state index in [0.717, 1.165) is 0 Å². The maximum Gasteiger partial charge on any atom is 0.407 e. The summed E-state index contributed by atoms with van der Waals surface area (Å²) in [5, 5.41) is 18.4. The lowest BCUT2D eigenvalue weighted by molar-refractivity contribution is -0.137. The molecule has 0 bridgehead atoms. The molecule has 0 fully saturated rings. The molecule has 18 heavy (non-hydrogen) atoms. The number of hydrogen-bond donors (Lipinski definition) is 2. The van der Waals surface area contributed by atoms with Gasteiger partial charge < -0.3 is 15.2 Å². The summed E-state index contributed by atoms with van der Waals surface area (Å²) in [7, 11) is 0.